The standard InChI is InChI=1S/C16H16N2O4/c19-14-10-18(8-7-17-14)16(20)15-12(6-9-21-15)11-22-13-4-2-1-3-5-13/h1-6,9H,7-8,10-11H2,(H,17,19). The Balaban J connectivity index is 1.69. The zero-order valence-corrected chi connectivity index (χ0v) is 12.0. The smallest absolute Gasteiger partial charge is 0.290 e. The van der Waals surface area contributed by atoms with Crippen LogP contribution in [0.5, 0.6) is 5.75 Å². The molecule has 6 nitrogen and oxygen atoms in total. The minimum atomic E-state index is -0.286. The molecule has 22 heavy (non-hydrogen) atoms. The Morgan fingerprint density at radius 2 is 2.09 bits per heavy atom. The quantitative estimate of drug-likeness (QED) is 0.927. The highest BCUT2D eigenvalue weighted by Crippen LogP contribution is 2.17. The molecule has 3 rings (SSSR count). The highest BCUT2D eigenvalue weighted by Gasteiger charge is 2.26. The van der Waals surface area contributed by atoms with Crippen LogP contribution in [0.4, 0.5) is 0 Å². The number of hydrogen-bond acceptors (Lipinski definition) is 4. The van der Waals surface area contributed by atoms with Crippen molar-refractivity contribution in [2.75, 3.05) is 19.6 Å². The largest absolute Gasteiger partial charge is 0.489 e. The predicted molar refractivity (Wildman–Crippen MR) is 78.4 cm³/mol. The Labute approximate surface area is 127 Å². The summed E-state index contributed by atoms with van der Waals surface area (Å²) in [5.74, 6) is 0.504. The number of ether oxygens (including phenoxy) is 1. The van der Waals surface area contributed by atoms with E-state index in [9.17, 15) is 9.59 Å². The lowest BCUT2D eigenvalue weighted by molar-refractivity contribution is -0.123. The second-order valence-electron chi connectivity index (χ2n) is 4.95. The van der Waals surface area contributed by atoms with Crippen LogP contribution in [0.3, 0.4) is 0 Å². The first-order valence-corrected chi connectivity index (χ1v) is 7.04. The van der Waals surface area contributed by atoms with Crippen LogP contribution in [0.2, 0.25) is 0 Å². The average Bonchev–Trinajstić information content (AvgIpc) is 3.01. The van der Waals surface area contributed by atoms with Crippen LogP contribution >= 0.6 is 0 Å². The molecule has 1 aliphatic heterocycles. The molecule has 0 atom stereocenters. The summed E-state index contributed by atoms with van der Waals surface area (Å²) < 4.78 is 10.9. The third-order valence-electron chi connectivity index (χ3n) is 3.40. The van der Waals surface area contributed by atoms with E-state index < -0.39 is 0 Å². The molecule has 0 bridgehead atoms. The molecule has 0 aliphatic carbocycles. The van der Waals surface area contributed by atoms with E-state index in [0.717, 1.165) is 5.75 Å². The number of piperazine rings is 1. The molecular formula is C16H16N2O4. The van der Waals surface area contributed by atoms with Crippen molar-refractivity contribution in [3.05, 3.63) is 54.0 Å². The minimum absolute atomic E-state index is 0.0541. The molecule has 1 N–H and O–H groups in total. The van der Waals surface area contributed by atoms with Crippen LogP contribution in [0.15, 0.2) is 47.1 Å². The fraction of sp³-hybridized carbons (Fsp3) is 0.250. The van der Waals surface area contributed by atoms with Gasteiger partial charge in [0.05, 0.1) is 6.26 Å². The van der Waals surface area contributed by atoms with E-state index in [1.54, 1.807) is 6.07 Å². The zero-order chi connectivity index (χ0) is 15.4. The number of rotatable bonds is 4. The molecular weight excluding hydrogens is 284 g/mol. The number of para-hydroxylation sites is 1. The molecule has 6 heteroatoms. The van der Waals surface area contributed by atoms with E-state index >= 15 is 0 Å². The summed E-state index contributed by atoms with van der Waals surface area (Å²) >= 11 is 0. The molecule has 2 aromatic rings. The summed E-state index contributed by atoms with van der Waals surface area (Å²) in [5.41, 5.74) is 0.667. The minimum Gasteiger partial charge on any atom is -0.489 e. The van der Waals surface area contributed by atoms with Gasteiger partial charge in [-0.3, -0.25) is 9.59 Å². The van der Waals surface area contributed by atoms with E-state index in [4.69, 9.17) is 9.15 Å². The lowest BCUT2D eigenvalue weighted by Crippen LogP contribution is -2.50. The van der Waals surface area contributed by atoms with Crippen LogP contribution < -0.4 is 10.1 Å². The molecule has 1 aliphatic rings. The second-order valence-corrected chi connectivity index (χ2v) is 4.95. The maximum Gasteiger partial charge on any atom is 0.290 e. The number of nitrogens with zero attached hydrogens (tertiary/aromatic N) is 1. The summed E-state index contributed by atoms with van der Waals surface area (Å²) in [6.45, 7) is 1.23. The van der Waals surface area contributed by atoms with E-state index in [1.165, 1.54) is 11.2 Å². The molecule has 1 aromatic carbocycles. The molecule has 2 heterocycles. The van der Waals surface area contributed by atoms with Crippen molar-refractivity contribution in [1.82, 2.24) is 10.2 Å². The van der Waals surface area contributed by atoms with Crippen molar-refractivity contribution in [2.24, 2.45) is 0 Å². The number of benzene rings is 1. The first kappa shape index (κ1) is 14.2. The summed E-state index contributed by atoms with van der Waals surface area (Å²) in [5, 5.41) is 2.69. The summed E-state index contributed by atoms with van der Waals surface area (Å²) in [6.07, 6.45) is 1.46. The van der Waals surface area contributed by atoms with Gasteiger partial charge in [0, 0.05) is 18.7 Å². The third-order valence-corrected chi connectivity index (χ3v) is 3.40. The van der Waals surface area contributed by atoms with Crippen molar-refractivity contribution in [1.29, 1.82) is 0 Å². The highest BCUT2D eigenvalue weighted by atomic mass is 16.5. The van der Waals surface area contributed by atoms with Gasteiger partial charge in [-0.2, -0.15) is 0 Å². The Kier molecular flexibility index (Phi) is 4.09. The molecule has 0 saturated carbocycles. The monoisotopic (exact) mass is 300 g/mol. The van der Waals surface area contributed by atoms with Crippen molar-refractivity contribution in [2.45, 2.75) is 6.61 Å². The van der Waals surface area contributed by atoms with Gasteiger partial charge in [0.25, 0.3) is 5.91 Å². The molecule has 1 aromatic heterocycles. The molecule has 0 radical (unpaired) electrons. The van der Waals surface area contributed by atoms with Gasteiger partial charge in [0.2, 0.25) is 5.91 Å². The first-order valence-electron chi connectivity index (χ1n) is 7.04. The fourth-order valence-electron chi connectivity index (χ4n) is 2.27. The Bertz CT molecular complexity index is 666. The summed E-state index contributed by atoms with van der Waals surface area (Å²) in [7, 11) is 0. The maximum atomic E-state index is 12.4. The second kappa shape index (κ2) is 6.34. The van der Waals surface area contributed by atoms with E-state index in [-0.39, 0.29) is 30.7 Å². The summed E-state index contributed by atoms with van der Waals surface area (Å²) in [6, 6.07) is 11.1. The van der Waals surface area contributed by atoms with Gasteiger partial charge >= 0.3 is 0 Å². The molecule has 1 fully saturated rings. The van der Waals surface area contributed by atoms with Crippen LogP contribution in [-0.2, 0) is 11.4 Å². The predicted octanol–water partition coefficient (Wildman–Crippen LogP) is 1.43. The van der Waals surface area contributed by atoms with Crippen molar-refractivity contribution in [3.8, 4) is 5.75 Å². The van der Waals surface area contributed by atoms with Gasteiger partial charge in [-0.25, -0.2) is 0 Å². The van der Waals surface area contributed by atoms with Gasteiger partial charge in [0.1, 0.15) is 18.9 Å². The molecule has 114 valence electrons. The van der Waals surface area contributed by atoms with Crippen LogP contribution in [0.25, 0.3) is 0 Å². The number of carbonyl (C=O) groups excluding carboxylic acids is 2. The lowest BCUT2D eigenvalue weighted by Gasteiger charge is -2.26. The topological polar surface area (TPSA) is 71.8 Å². The molecule has 0 unspecified atom stereocenters. The van der Waals surface area contributed by atoms with Gasteiger partial charge < -0.3 is 19.4 Å². The van der Waals surface area contributed by atoms with Gasteiger partial charge in [-0.1, -0.05) is 18.2 Å². The highest BCUT2D eigenvalue weighted by molar-refractivity contribution is 5.96. The van der Waals surface area contributed by atoms with E-state index in [1.807, 2.05) is 30.3 Å². The first-order chi connectivity index (χ1) is 10.7. The number of amides is 2. The van der Waals surface area contributed by atoms with Crippen molar-refractivity contribution >= 4 is 11.8 Å². The normalized spacial score (nSPS) is 14.5. The van der Waals surface area contributed by atoms with E-state index in [2.05, 4.69) is 5.32 Å². The Morgan fingerprint density at radius 1 is 1.27 bits per heavy atom. The van der Waals surface area contributed by atoms with Gasteiger partial charge in [-0.15, -0.1) is 0 Å². The van der Waals surface area contributed by atoms with Gasteiger partial charge in [0.15, 0.2) is 5.76 Å². The third kappa shape index (κ3) is 3.11. The van der Waals surface area contributed by atoms with Crippen molar-refractivity contribution < 1.29 is 18.7 Å². The van der Waals surface area contributed by atoms with Crippen LogP contribution in [-0.4, -0.2) is 36.3 Å². The summed E-state index contributed by atoms with van der Waals surface area (Å²) in [4.78, 5) is 25.3. The van der Waals surface area contributed by atoms with E-state index in [0.29, 0.717) is 18.7 Å². The van der Waals surface area contributed by atoms with Crippen molar-refractivity contribution in [3.63, 3.8) is 0 Å². The average molecular weight is 300 g/mol. The van der Waals surface area contributed by atoms with Crippen LogP contribution in [0, 0.1) is 0 Å². The Morgan fingerprint density at radius 3 is 2.86 bits per heavy atom. The molecule has 0 spiro atoms. The number of furan rings is 1. The molecule has 2 amide bonds. The SMILES string of the molecule is O=C1CN(C(=O)c2occc2COc2ccccc2)CCN1. The lowest BCUT2D eigenvalue weighted by atomic mass is 10.2. The van der Waals surface area contributed by atoms with Gasteiger partial charge in [-0.05, 0) is 18.2 Å². The number of carbonyl (C=O) groups is 2. The fourth-order valence-corrected chi connectivity index (χ4v) is 2.27. The van der Waals surface area contributed by atoms with Crippen LogP contribution in [0.1, 0.15) is 16.1 Å². The Hall–Kier alpha value is -2.76. The zero-order valence-electron chi connectivity index (χ0n) is 12.0. The molecule has 1 saturated heterocycles. The number of nitrogens with one attached hydrogen (secondary N) is 1. The maximum absolute atomic E-state index is 12.4. The number of hydrogen-bond donors (Lipinski definition) is 1.